The maximum atomic E-state index is 11.8. The van der Waals surface area contributed by atoms with Gasteiger partial charge < -0.3 is 10.0 Å². The molecule has 88 valence electrons. The van der Waals surface area contributed by atoms with E-state index in [9.17, 15) is 9.59 Å². The average Bonchev–Trinajstić information content (AvgIpc) is 2.28. The van der Waals surface area contributed by atoms with Gasteiger partial charge in [-0.1, -0.05) is 5.92 Å². The van der Waals surface area contributed by atoms with Crippen LogP contribution in [0.2, 0.25) is 0 Å². The van der Waals surface area contributed by atoms with Crippen molar-refractivity contribution >= 4 is 11.9 Å². The summed E-state index contributed by atoms with van der Waals surface area (Å²) in [6.45, 7) is 1.19. The van der Waals surface area contributed by atoms with Crippen molar-refractivity contribution in [2.24, 2.45) is 0 Å². The number of hydrogen-bond acceptors (Lipinski definition) is 4. The smallest absolute Gasteiger partial charge is 0.323 e. The molecule has 17 heavy (non-hydrogen) atoms. The van der Waals surface area contributed by atoms with Crippen LogP contribution in [0.15, 0.2) is 12.4 Å². The lowest BCUT2D eigenvalue weighted by atomic mass is 10.3. The van der Waals surface area contributed by atoms with Crippen LogP contribution in [0.5, 0.6) is 0 Å². The van der Waals surface area contributed by atoms with Crippen LogP contribution in [0.25, 0.3) is 0 Å². The van der Waals surface area contributed by atoms with Crippen LogP contribution in [0.4, 0.5) is 0 Å². The van der Waals surface area contributed by atoms with Crippen LogP contribution in [0.3, 0.4) is 0 Å². The van der Waals surface area contributed by atoms with E-state index in [-0.39, 0.29) is 12.2 Å². The second-order valence-corrected chi connectivity index (χ2v) is 3.30. The minimum Gasteiger partial charge on any atom is -0.480 e. The van der Waals surface area contributed by atoms with Crippen molar-refractivity contribution in [1.82, 2.24) is 14.9 Å². The first-order chi connectivity index (χ1) is 8.04. The van der Waals surface area contributed by atoms with Gasteiger partial charge in [-0.15, -0.1) is 6.42 Å². The lowest BCUT2D eigenvalue weighted by Gasteiger charge is -2.16. The third kappa shape index (κ3) is 3.57. The largest absolute Gasteiger partial charge is 0.480 e. The highest BCUT2D eigenvalue weighted by Gasteiger charge is 2.18. The topological polar surface area (TPSA) is 83.4 Å². The highest BCUT2D eigenvalue weighted by molar-refractivity contribution is 5.94. The summed E-state index contributed by atoms with van der Waals surface area (Å²) in [5.74, 6) is 0.554. The molecule has 1 N–H and O–H groups in total. The summed E-state index contributed by atoms with van der Waals surface area (Å²) in [6.07, 6.45) is 7.80. The molecular weight excluding hydrogens is 222 g/mol. The van der Waals surface area contributed by atoms with Crippen molar-refractivity contribution in [2.45, 2.75) is 6.92 Å². The second-order valence-electron chi connectivity index (χ2n) is 3.30. The zero-order valence-corrected chi connectivity index (χ0v) is 9.25. The van der Waals surface area contributed by atoms with E-state index in [1.54, 1.807) is 6.92 Å². The van der Waals surface area contributed by atoms with Gasteiger partial charge in [0.25, 0.3) is 5.91 Å². The average molecular weight is 233 g/mol. The van der Waals surface area contributed by atoms with E-state index in [0.717, 1.165) is 4.90 Å². The predicted octanol–water partition coefficient (Wildman–Crippen LogP) is -0.0550. The number of aliphatic carboxylic acids is 1. The van der Waals surface area contributed by atoms with Gasteiger partial charge in [-0.3, -0.25) is 14.6 Å². The molecule has 6 nitrogen and oxygen atoms in total. The van der Waals surface area contributed by atoms with Crippen molar-refractivity contribution < 1.29 is 14.7 Å². The van der Waals surface area contributed by atoms with E-state index in [4.69, 9.17) is 11.5 Å². The third-order valence-electron chi connectivity index (χ3n) is 1.90. The number of aromatic nitrogens is 2. The summed E-state index contributed by atoms with van der Waals surface area (Å²) in [7, 11) is 0. The standard InChI is InChI=1S/C11H11N3O3/c1-3-4-14(7-10(15)16)11(17)9-6-12-8(2)5-13-9/h1,5-6H,4,7H2,2H3,(H,15,16). The SMILES string of the molecule is C#CCN(CC(=O)O)C(=O)c1cnc(C)cn1. The molecule has 1 rings (SSSR count). The van der Waals surface area contributed by atoms with Crippen molar-refractivity contribution in [2.75, 3.05) is 13.1 Å². The van der Waals surface area contributed by atoms with Crippen molar-refractivity contribution in [1.29, 1.82) is 0 Å². The highest BCUT2D eigenvalue weighted by Crippen LogP contribution is 2.01. The molecule has 0 saturated heterocycles. The number of carbonyl (C=O) groups excluding carboxylic acids is 1. The minimum absolute atomic E-state index is 0.0760. The van der Waals surface area contributed by atoms with Crippen LogP contribution < -0.4 is 0 Å². The van der Waals surface area contributed by atoms with Gasteiger partial charge in [0.2, 0.25) is 0 Å². The molecule has 0 radical (unpaired) electrons. The number of carbonyl (C=O) groups is 2. The van der Waals surface area contributed by atoms with Gasteiger partial charge in [0.05, 0.1) is 18.4 Å². The van der Waals surface area contributed by atoms with Crippen LogP contribution in [0.1, 0.15) is 16.2 Å². The molecule has 0 atom stereocenters. The van der Waals surface area contributed by atoms with Crippen LogP contribution in [0, 0.1) is 19.3 Å². The first-order valence-corrected chi connectivity index (χ1v) is 4.77. The van der Waals surface area contributed by atoms with Gasteiger partial charge in [0.15, 0.2) is 0 Å². The highest BCUT2D eigenvalue weighted by atomic mass is 16.4. The Bertz CT molecular complexity index is 462. The molecular formula is C11H11N3O3. The predicted molar refractivity (Wildman–Crippen MR) is 59.1 cm³/mol. The molecule has 0 aliphatic rings. The summed E-state index contributed by atoms with van der Waals surface area (Å²) in [6, 6.07) is 0. The fraction of sp³-hybridized carbons (Fsp3) is 0.273. The summed E-state index contributed by atoms with van der Waals surface area (Å²) in [5, 5.41) is 8.65. The first-order valence-electron chi connectivity index (χ1n) is 4.77. The Morgan fingerprint density at radius 2 is 2.18 bits per heavy atom. The Kier molecular flexibility index (Phi) is 4.17. The molecule has 0 fully saturated rings. The number of amides is 1. The van der Waals surface area contributed by atoms with Crippen molar-refractivity contribution in [3.63, 3.8) is 0 Å². The second kappa shape index (κ2) is 5.61. The number of carboxylic acids is 1. The van der Waals surface area contributed by atoms with E-state index in [0.29, 0.717) is 5.69 Å². The fourth-order valence-corrected chi connectivity index (χ4v) is 1.14. The lowest BCUT2D eigenvalue weighted by Crippen LogP contribution is -2.36. The van der Waals surface area contributed by atoms with Gasteiger partial charge >= 0.3 is 5.97 Å². The summed E-state index contributed by atoms with van der Waals surface area (Å²) >= 11 is 0. The maximum absolute atomic E-state index is 11.8. The van der Waals surface area contributed by atoms with Crippen molar-refractivity contribution in [3.05, 3.63) is 23.8 Å². The Morgan fingerprint density at radius 3 is 2.65 bits per heavy atom. The van der Waals surface area contributed by atoms with Crippen molar-refractivity contribution in [3.8, 4) is 12.3 Å². The number of terminal acetylenes is 1. The van der Waals surface area contributed by atoms with Gasteiger partial charge in [-0.2, -0.15) is 0 Å². The summed E-state index contributed by atoms with van der Waals surface area (Å²) in [5.41, 5.74) is 0.746. The Balaban J connectivity index is 2.88. The Hall–Kier alpha value is -2.42. The molecule has 0 spiro atoms. The quantitative estimate of drug-likeness (QED) is 0.737. The Morgan fingerprint density at radius 1 is 1.47 bits per heavy atom. The van der Waals surface area contributed by atoms with Gasteiger partial charge in [0, 0.05) is 6.20 Å². The maximum Gasteiger partial charge on any atom is 0.323 e. The molecule has 0 saturated carbocycles. The molecule has 1 amide bonds. The third-order valence-corrected chi connectivity index (χ3v) is 1.90. The Labute approximate surface area is 98.3 Å². The number of rotatable bonds is 4. The molecule has 0 aromatic carbocycles. The number of hydrogen-bond donors (Lipinski definition) is 1. The van der Waals surface area contributed by atoms with Crippen LogP contribution in [-0.2, 0) is 4.79 Å². The van der Waals surface area contributed by atoms with E-state index in [2.05, 4.69) is 15.9 Å². The molecule has 6 heteroatoms. The van der Waals surface area contributed by atoms with Gasteiger partial charge in [-0.05, 0) is 6.92 Å². The van der Waals surface area contributed by atoms with Gasteiger partial charge in [-0.25, -0.2) is 4.98 Å². The normalized spacial score (nSPS) is 9.41. The number of aryl methyl sites for hydroxylation is 1. The molecule has 0 aliphatic carbocycles. The zero-order chi connectivity index (χ0) is 12.8. The van der Waals surface area contributed by atoms with E-state index >= 15 is 0 Å². The molecule has 0 unspecified atom stereocenters. The molecule has 1 heterocycles. The summed E-state index contributed by atoms with van der Waals surface area (Å²) in [4.78, 5) is 31.2. The number of nitrogens with zero attached hydrogens (tertiary/aromatic N) is 3. The molecule has 1 aromatic heterocycles. The summed E-state index contributed by atoms with van der Waals surface area (Å²) < 4.78 is 0. The minimum atomic E-state index is -1.13. The molecule has 0 aliphatic heterocycles. The van der Waals surface area contributed by atoms with E-state index in [1.165, 1.54) is 12.4 Å². The monoisotopic (exact) mass is 233 g/mol. The fourth-order valence-electron chi connectivity index (χ4n) is 1.14. The van der Waals surface area contributed by atoms with Gasteiger partial charge in [0.1, 0.15) is 12.2 Å². The molecule has 1 aromatic rings. The zero-order valence-electron chi connectivity index (χ0n) is 9.25. The van der Waals surface area contributed by atoms with E-state index in [1.807, 2.05) is 0 Å². The molecule has 0 bridgehead atoms. The van der Waals surface area contributed by atoms with E-state index < -0.39 is 18.4 Å². The van der Waals surface area contributed by atoms with Crippen LogP contribution >= 0.6 is 0 Å². The first kappa shape index (κ1) is 12.6. The number of carboxylic acid groups (broad SMARTS) is 1. The lowest BCUT2D eigenvalue weighted by molar-refractivity contribution is -0.137. The van der Waals surface area contributed by atoms with Crippen LogP contribution in [-0.4, -0.2) is 44.9 Å².